The van der Waals surface area contributed by atoms with E-state index in [9.17, 15) is 10.1 Å². The number of primary amides is 1. The molecule has 2 heterocycles. The second-order valence-electron chi connectivity index (χ2n) is 6.39. The molecular formula is C23H16N4O2. The number of nitriles is 1. The van der Waals surface area contributed by atoms with Gasteiger partial charge in [-0.25, -0.2) is 14.8 Å². The SMILES string of the molecule is N#Cc1nccc2nc(-c3ccc(COC(N)=O)cc3)c(-c3ccccc3)cc12. The number of ether oxygens (including phenoxy) is 1. The van der Waals surface area contributed by atoms with Crippen molar-refractivity contribution in [3.8, 4) is 28.5 Å². The Bertz CT molecular complexity index is 1230. The molecule has 2 aromatic heterocycles. The van der Waals surface area contributed by atoms with Crippen molar-refractivity contribution in [2.75, 3.05) is 0 Å². The van der Waals surface area contributed by atoms with Crippen molar-refractivity contribution in [3.63, 3.8) is 0 Å². The normalized spacial score (nSPS) is 10.4. The Labute approximate surface area is 167 Å². The molecule has 1 amide bonds. The molecule has 0 radical (unpaired) electrons. The molecule has 0 saturated heterocycles. The largest absolute Gasteiger partial charge is 0.445 e. The highest BCUT2D eigenvalue weighted by Gasteiger charge is 2.14. The molecule has 0 spiro atoms. The minimum atomic E-state index is -0.807. The van der Waals surface area contributed by atoms with E-state index in [2.05, 4.69) is 11.1 Å². The highest BCUT2D eigenvalue weighted by Crippen LogP contribution is 2.34. The van der Waals surface area contributed by atoms with Gasteiger partial charge in [-0.2, -0.15) is 5.26 Å². The van der Waals surface area contributed by atoms with E-state index < -0.39 is 6.09 Å². The molecule has 0 fully saturated rings. The Balaban J connectivity index is 1.87. The van der Waals surface area contributed by atoms with Gasteiger partial charge in [-0.05, 0) is 23.3 Å². The van der Waals surface area contributed by atoms with Gasteiger partial charge in [0, 0.05) is 22.7 Å². The lowest BCUT2D eigenvalue weighted by atomic mass is 9.96. The summed E-state index contributed by atoms with van der Waals surface area (Å²) in [5.41, 5.74) is 10.5. The minimum absolute atomic E-state index is 0.115. The highest BCUT2D eigenvalue weighted by molar-refractivity contribution is 5.93. The number of nitrogens with zero attached hydrogens (tertiary/aromatic N) is 3. The lowest BCUT2D eigenvalue weighted by Gasteiger charge is -2.12. The van der Waals surface area contributed by atoms with Gasteiger partial charge in [0.1, 0.15) is 18.4 Å². The van der Waals surface area contributed by atoms with Gasteiger partial charge < -0.3 is 10.5 Å². The number of benzene rings is 2. The van der Waals surface area contributed by atoms with Crippen LogP contribution in [0, 0.1) is 11.3 Å². The Hall–Kier alpha value is -4.24. The molecule has 4 aromatic rings. The molecule has 6 heteroatoms. The van der Waals surface area contributed by atoms with Crippen LogP contribution in [0.3, 0.4) is 0 Å². The second-order valence-corrected chi connectivity index (χ2v) is 6.39. The predicted molar refractivity (Wildman–Crippen MR) is 109 cm³/mol. The van der Waals surface area contributed by atoms with Crippen LogP contribution in [0.1, 0.15) is 11.3 Å². The van der Waals surface area contributed by atoms with E-state index in [0.29, 0.717) is 16.6 Å². The van der Waals surface area contributed by atoms with Gasteiger partial charge in [0.15, 0.2) is 0 Å². The summed E-state index contributed by atoms with van der Waals surface area (Å²) in [6.07, 6.45) is 0.781. The van der Waals surface area contributed by atoms with Crippen molar-refractivity contribution in [3.05, 3.63) is 84.2 Å². The van der Waals surface area contributed by atoms with Crippen LogP contribution in [-0.2, 0) is 11.3 Å². The monoisotopic (exact) mass is 380 g/mol. The molecular weight excluding hydrogens is 364 g/mol. The third-order valence-electron chi connectivity index (χ3n) is 4.54. The maximum atomic E-state index is 10.8. The lowest BCUT2D eigenvalue weighted by molar-refractivity contribution is 0.150. The fraction of sp³-hybridized carbons (Fsp3) is 0.0435. The van der Waals surface area contributed by atoms with E-state index in [1.807, 2.05) is 60.7 Å². The first-order valence-corrected chi connectivity index (χ1v) is 8.92. The summed E-state index contributed by atoms with van der Waals surface area (Å²) >= 11 is 0. The summed E-state index contributed by atoms with van der Waals surface area (Å²) in [5.74, 6) is 0. The first-order chi connectivity index (χ1) is 14.2. The molecule has 29 heavy (non-hydrogen) atoms. The number of nitrogens with two attached hydrogens (primary N) is 1. The van der Waals surface area contributed by atoms with E-state index in [-0.39, 0.29) is 6.61 Å². The third kappa shape index (κ3) is 3.75. The number of hydrogen-bond acceptors (Lipinski definition) is 5. The van der Waals surface area contributed by atoms with Crippen molar-refractivity contribution in [1.82, 2.24) is 9.97 Å². The van der Waals surface area contributed by atoms with Crippen LogP contribution in [0.2, 0.25) is 0 Å². The fourth-order valence-electron chi connectivity index (χ4n) is 3.16. The number of pyridine rings is 2. The molecule has 0 atom stereocenters. The van der Waals surface area contributed by atoms with Gasteiger partial charge in [0.25, 0.3) is 0 Å². The van der Waals surface area contributed by atoms with Crippen LogP contribution in [0.5, 0.6) is 0 Å². The van der Waals surface area contributed by atoms with E-state index in [1.165, 1.54) is 0 Å². The summed E-state index contributed by atoms with van der Waals surface area (Å²) in [4.78, 5) is 19.8. The first-order valence-electron chi connectivity index (χ1n) is 8.92. The summed E-state index contributed by atoms with van der Waals surface area (Å²) < 4.78 is 4.84. The molecule has 140 valence electrons. The number of fused-ring (bicyclic) bond motifs is 1. The number of hydrogen-bond donors (Lipinski definition) is 1. The van der Waals surface area contributed by atoms with Gasteiger partial charge in [0.05, 0.1) is 11.2 Å². The summed E-state index contributed by atoms with van der Waals surface area (Å²) in [6.45, 7) is 0.115. The summed E-state index contributed by atoms with van der Waals surface area (Å²) in [6, 6.07) is 23.4. The molecule has 0 aliphatic heterocycles. The Morgan fingerprint density at radius 2 is 1.79 bits per heavy atom. The Morgan fingerprint density at radius 3 is 2.48 bits per heavy atom. The Morgan fingerprint density at radius 1 is 1.03 bits per heavy atom. The topological polar surface area (TPSA) is 102 Å². The summed E-state index contributed by atoms with van der Waals surface area (Å²) in [5, 5.41) is 10.1. The van der Waals surface area contributed by atoms with Crippen LogP contribution in [-0.4, -0.2) is 16.1 Å². The fourth-order valence-corrected chi connectivity index (χ4v) is 3.16. The molecule has 0 bridgehead atoms. The molecule has 0 saturated carbocycles. The zero-order valence-electron chi connectivity index (χ0n) is 15.4. The van der Waals surface area contributed by atoms with E-state index in [4.69, 9.17) is 15.5 Å². The van der Waals surface area contributed by atoms with Gasteiger partial charge >= 0.3 is 6.09 Å². The highest BCUT2D eigenvalue weighted by atomic mass is 16.5. The Kier molecular flexibility index (Phi) is 4.87. The number of aromatic nitrogens is 2. The smallest absolute Gasteiger partial charge is 0.404 e. The van der Waals surface area contributed by atoms with E-state index >= 15 is 0 Å². The molecule has 2 aromatic carbocycles. The van der Waals surface area contributed by atoms with Gasteiger partial charge in [0.2, 0.25) is 0 Å². The maximum Gasteiger partial charge on any atom is 0.404 e. The second kappa shape index (κ2) is 7.79. The number of carbonyl (C=O) groups is 1. The van der Waals surface area contributed by atoms with Gasteiger partial charge in [-0.15, -0.1) is 0 Å². The average molecular weight is 380 g/mol. The zero-order valence-corrected chi connectivity index (χ0v) is 15.4. The minimum Gasteiger partial charge on any atom is -0.445 e. The quantitative estimate of drug-likeness (QED) is 0.564. The molecule has 0 aliphatic carbocycles. The zero-order chi connectivity index (χ0) is 20.2. The average Bonchev–Trinajstić information content (AvgIpc) is 2.77. The van der Waals surface area contributed by atoms with E-state index in [1.54, 1.807) is 12.3 Å². The number of rotatable bonds is 4. The third-order valence-corrected chi connectivity index (χ3v) is 4.54. The van der Waals surface area contributed by atoms with Gasteiger partial charge in [-0.3, -0.25) is 0 Å². The summed E-state index contributed by atoms with van der Waals surface area (Å²) in [7, 11) is 0. The van der Waals surface area contributed by atoms with Crippen LogP contribution < -0.4 is 5.73 Å². The standard InChI is InChI=1S/C23H16N4O2/c24-13-21-19-12-18(16-4-2-1-3-5-16)22(27-20(19)10-11-26-21)17-8-6-15(7-9-17)14-29-23(25)28/h1-12H,14H2,(H2,25,28). The van der Waals surface area contributed by atoms with Crippen molar-refractivity contribution < 1.29 is 9.53 Å². The number of amides is 1. The predicted octanol–water partition coefficient (Wildman–Crippen LogP) is 4.43. The molecule has 2 N–H and O–H groups in total. The van der Waals surface area contributed by atoms with Crippen LogP contribution in [0.15, 0.2) is 72.9 Å². The first kappa shape index (κ1) is 18.1. The van der Waals surface area contributed by atoms with Crippen molar-refractivity contribution in [2.45, 2.75) is 6.61 Å². The number of carbonyl (C=O) groups excluding carboxylic acids is 1. The van der Waals surface area contributed by atoms with Gasteiger partial charge in [-0.1, -0.05) is 54.6 Å². The van der Waals surface area contributed by atoms with Crippen LogP contribution in [0.25, 0.3) is 33.3 Å². The van der Waals surface area contributed by atoms with Crippen molar-refractivity contribution >= 4 is 17.0 Å². The van der Waals surface area contributed by atoms with Crippen molar-refractivity contribution in [1.29, 1.82) is 5.26 Å². The van der Waals surface area contributed by atoms with Crippen LogP contribution in [0.4, 0.5) is 4.79 Å². The lowest BCUT2D eigenvalue weighted by Crippen LogP contribution is -2.12. The molecule has 0 unspecified atom stereocenters. The molecule has 0 aliphatic rings. The van der Waals surface area contributed by atoms with E-state index in [0.717, 1.165) is 27.9 Å². The van der Waals surface area contributed by atoms with Crippen LogP contribution >= 0.6 is 0 Å². The van der Waals surface area contributed by atoms with Crippen molar-refractivity contribution in [2.24, 2.45) is 5.73 Å². The molecule has 4 rings (SSSR count). The molecule has 6 nitrogen and oxygen atoms in total. The maximum absolute atomic E-state index is 10.8.